The van der Waals surface area contributed by atoms with Crippen molar-refractivity contribution in [2.24, 2.45) is 0 Å². The Morgan fingerprint density at radius 2 is 2.07 bits per heavy atom. The van der Waals surface area contributed by atoms with Crippen LogP contribution in [0.2, 0.25) is 0 Å². The molecule has 0 bridgehead atoms. The maximum atomic E-state index is 12.5. The molecule has 1 aliphatic heterocycles. The molecule has 3 heterocycles. The van der Waals surface area contributed by atoms with Gasteiger partial charge in [0.15, 0.2) is 17.3 Å². The third-order valence-electron chi connectivity index (χ3n) is 4.35. The molecule has 1 amide bonds. The molecule has 0 spiro atoms. The zero-order valence-electron chi connectivity index (χ0n) is 15.5. The van der Waals surface area contributed by atoms with Crippen molar-refractivity contribution >= 4 is 22.9 Å². The average molecular weight is 399 g/mol. The summed E-state index contributed by atoms with van der Waals surface area (Å²) in [4.78, 5) is 15.5. The van der Waals surface area contributed by atoms with Gasteiger partial charge in [0.05, 0.1) is 17.1 Å². The summed E-state index contributed by atoms with van der Waals surface area (Å²) in [6.45, 7) is 4.58. The topological polar surface area (TPSA) is 76.8 Å². The lowest BCUT2D eigenvalue weighted by Crippen LogP contribution is -2.32. The van der Waals surface area contributed by atoms with Crippen molar-refractivity contribution in [3.8, 4) is 22.1 Å². The number of thiophene rings is 1. The first kappa shape index (κ1) is 18.5. The second-order valence-electron chi connectivity index (χ2n) is 6.37. The summed E-state index contributed by atoms with van der Waals surface area (Å²) in [6.07, 6.45) is 0. The van der Waals surface area contributed by atoms with Gasteiger partial charge >= 0.3 is 0 Å². The Hall–Kier alpha value is -2.84. The SMILES string of the molecule is CCN(CC(=O)Nc1ccc2c(c1)OCCO2)Cc1cc(-c2cccs2)on1. The number of nitrogens with zero attached hydrogens (tertiary/aromatic N) is 2. The normalized spacial score (nSPS) is 12.9. The Labute approximate surface area is 166 Å². The molecule has 1 aliphatic rings. The largest absolute Gasteiger partial charge is 0.486 e. The Bertz CT molecular complexity index is 939. The van der Waals surface area contributed by atoms with Gasteiger partial charge in [-0.05, 0) is 30.1 Å². The number of likely N-dealkylation sites (N-methyl/N-ethyl adjacent to an activating group) is 1. The number of anilines is 1. The van der Waals surface area contributed by atoms with Crippen molar-refractivity contribution in [2.45, 2.75) is 13.5 Å². The number of amides is 1. The number of carbonyl (C=O) groups is 1. The summed E-state index contributed by atoms with van der Waals surface area (Å²) >= 11 is 1.60. The number of hydrogen-bond acceptors (Lipinski definition) is 7. The van der Waals surface area contributed by atoms with Crippen LogP contribution in [0.15, 0.2) is 46.3 Å². The van der Waals surface area contributed by atoms with E-state index in [0.717, 1.165) is 22.9 Å². The quantitative estimate of drug-likeness (QED) is 0.654. The van der Waals surface area contributed by atoms with Crippen LogP contribution in [-0.2, 0) is 11.3 Å². The first-order valence-corrected chi connectivity index (χ1v) is 10.0. The highest BCUT2D eigenvalue weighted by atomic mass is 32.1. The molecule has 28 heavy (non-hydrogen) atoms. The molecule has 0 radical (unpaired) electrons. The van der Waals surface area contributed by atoms with Gasteiger partial charge in [-0.25, -0.2) is 0 Å². The smallest absolute Gasteiger partial charge is 0.238 e. The van der Waals surface area contributed by atoms with Crippen molar-refractivity contribution in [3.05, 3.63) is 47.5 Å². The fraction of sp³-hybridized carbons (Fsp3) is 0.300. The predicted molar refractivity (Wildman–Crippen MR) is 107 cm³/mol. The molecular formula is C20H21N3O4S. The zero-order chi connectivity index (χ0) is 19.3. The molecule has 0 saturated carbocycles. The van der Waals surface area contributed by atoms with Crippen LogP contribution < -0.4 is 14.8 Å². The molecule has 1 N–H and O–H groups in total. The third-order valence-corrected chi connectivity index (χ3v) is 5.23. The molecule has 146 valence electrons. The van der Waals surface area contributed by atoms with Crippen molar-refractivity contribution in [3.63, 3.8) is 0 Å². The Kier molecular flexibility index (Phi) is 5.59. The standard InChI is InChI=1S/C20H21N3O4S/c1-2-23(12-15-11-18(27-22-15)19-4-3-9-28-19)13-20(24)21-14-5-6-16-17(10-14)26-8-7-25-16/h3-6,9-11H,2,7-8,12-13H2,1H3,(H,21,24). The zero-order valence-corrected chi connectivity index (χ0v) is 16.3. The maximum Gasteiger partial charge on any atom is 0.238 e. The van der Waals surface area contributed by atoms with E-state index in [2.05, 4.69) is 10.5 Å². The lowest BCUT2D eigenvalue weighted by molar-refractivity contribution is -0.117. The highest BCUT2D eigenvalue weighted by molar-refractivity contribution is 7.13. The molecule has 2 aromatic heterocycles. The summed E-state index contributed by atoms with van der Waals surface area (Å²) in [5, 5.41) is 9.04. The molecular weight excluding hydrogens is 378 g/mol. The summed E-state index contributed by atoms with van der Waals surface area (Å²) in [6, 6.07) is 11.3. The molecule has 0 saturated heterocycles. The lowest BCUT2D eigenvalue weighted by Gasteiger charge is -2.20. The third kappa shape index (κ3) is 4.35. The Balaban J connectivity index is 1.35. The van der Waals surface area contributed by atoms with Crippen LogP contribution >= 0.6 is 11.3 Å². The van der Waals surface area contributed by atoms with Crippen LogP contribution in [0.4, 0.5) is 5.69 Å². The van der Waals surface area contributed by atoms with E-state index in [1.54, 1.807) is 17.4 Å². The van der Waals surface area contributed by atoms with Crippen molar-refractivity contribution < 1.29 is 18.8 Å². The van der Waals surface area contributed by atoms with Crippen molar-refractivity contribution in [1.82, 2.24) is 10.1 Å². The van der Waals surface area contributed by atoms with Crippen molar-refractivity contribution in [2.75, 3.05) is 31.6 Å². The molecule has 0 aliphatic carbocycles. The maximum absolute atomic E-state index is 12.5. The molecule has 7 nitrogen and oxygen atoms in total. The molecule has 1 aromatic carbocycles. The van der Waals surface area contributed by atoms with Crippen molar-refractivity contribution in [1.29, 1.82) is 0 Å². The summed E-state index contributed by atoms with van der Waals surface area (Å²) in [5.74, 6) is 2.01. The van der Waals surface area contributed by atoms with Gasteiger partial charge in [-0.2, -0.15) is 0 Å². The van der Waals surface area contributed by atoms with Gasteiger partial charge in [0.25, 0.3) is 0 Å². The molecule has 3 aromatic rings. The molecule has 4 rings (SSSR count). The Morgan fingerprint density at radius 3 is 2.86 bits per heavy atom. The monoisotopic (exact) mass is 399 g/mol. The number of fused-ring (bicyclic) bond motifs is 1. The van der Waals surface area contributed by atoms with E-state index in [-0.39, 0.29) is 12.5 Å². The number of nitrogens with one attached hydrogen (secondary N) is 1. The number of benzene rings is 1. The number of rotatable bonds is 7. The number of hydrogen-bond donors (Lipinski definition) is 1. The number of aromatic nitrogens is 1. The number of carbonyl (C=O) groups excluding carboxylic acids is 1. The Morgan fingerprint density at radius 1 is 1.21 bits per heavy atom. The van der Waals surface area contributed by atoms with E-state index in [1.165, 1.54) is 0 Å². The second kappa shape index (κ2) is 8.45. The van der Waals surface area contributed by atoms with Gasteiger partial charge in [0, 0.05) is 24.4 Å². The van der Waals surface area contributed by atoms with E-state index in [1.807, 2.05) is 47.5 Å². The van der Waals surface area contributed by atoms with Gasteiger partial charge in [-0.15, -0.1) is 11.3 Å². The minimum atomic E-state index is -0.0968. The van der Waals surface area contributed by atoms with E-state index in [0.29, 0.717) is 36.9 Å². The van der Waals surface area contributed by atoms with E-state index in [4.69, 9.17) is 14.0 Å². The number of ether oxygens (including phenoxy) is 2. The minimum Gasteiger partial charge on any atom is -0.486 e. The molecule has 0 fully saturated rings. The van der Waals surface area contributed by atoms with E-state index in [9.17, 15) is 4.79 Å². The van der Waals surface area contributed by atoms with Gasteiger partial charge < -0.3 is 19.3 Å². The first-order chi connectivity index (χ1) is 13.7. The van der Waals surface area contributed by atoms with Gasteiger partial charge in [0.2, 0.25) is 5.91 Å². The van der Waals surface area contributed by atoms with Crippen LogP contribution in [0.1, 0.15) is 12.6 Å². The summed E-state index contributed by atoms with van der Waals surface area (Å²) in [7, 11) is 0. The van der Waals surface area contributed by atoms with Gasteiger partial charge in [-0.3, -0.25) is 9.69 Å². The molecule has 0 atom stereocenters. The van der Waals surface area contributed by atoms with E-state index < -0.39 is 0 Å². The molecule has 8 heteroatoms. The van der Waals surface area contributed by atoms with Gasteiger partial charge in [-0.1, -0.05) is 18.1 Å². The van der Waals surface area contributed by atoms with Crippen LogP contribution in [-0.4, -0.2) is 42.3 Å². The summed E-state index contributed by atoms with van der Waals surface area (Å²) in [5.41, 5.74) is 1.49. The first-order valence-electron chi connectivity index (χ1n) is 9.12. The predicted octanol–water partition coefficient (Wildman–Crippen LogP) is 3.63. The van der Waals surface area contributed by atoms with Crippen LogP contribution in [0.25, 0.3) is 10.6 Å². The van der Waals surface area contributed by atoms with Crippen LogP contribution in [0.3, 0.4) is 0 Å². The average Bonchev–Trinajstić information content (AvgIpc) is 3.39. The second-order valence-corrected chi connectivity index (χ2v) is 7.32. The fourth-order valence-corrected chi connectivity index (χ4v) is 3.63. The minimum absolute atomic E-state index is 0.0968. The van der Waals surface area contributed by atoms with Crippen LogP contribution in [0, 0.1) is 0 Å². The summed E-state index contributed by atoms with van der Waals surface area (Å²) < 4.78 is 16.5. The van der Waals surface area contributed by atoms with Gasteiger partial charge in [0.1, 0.15) is 13.2 Å². The van der Waals surface area contributed by atoms with Crippen LogP contribution in [0.5, 0.6) is 11.5 Å². The fourth-order valence-electron chi connectivity index (χ4n) is 2.95. The van der Waals surface area contributed by atoms with E-state index >= 15 is 0 Å². The lowest BCUT2D eigenvalue weighted by atomic mass is 10.2. The highest BCUT2D eigenvalue weighted by Crippen LogP contribution is 2.32. The highest BCUT2D eigenvalue weighted by Gasteiger charge is 2.16. The molecule has 0 unspecified atom stereocenters.